The number of nitrogens with zero attached hydrogens (tertiary/aromatic N) is 2. The van der Waals surface area contributed by atoms with Crippen molar-refractivity contribution in [1.29, 1.82) is 0 Å². The predicted octanol–water partition coefficient (Wildman–Crippen LogP) is 6.07. The Labute approximate surface area is 202 Å². The smallest absolute Gasteiger partial charge is 0.251 e. The lowest BCUT2D eigenvalue weighted by molar-refractivity contribution is 0.1000. The Morgan fingerprint density at radius 1 is 0.853 bits per heavy atom. The molecule has 2 N–H and O–H groups in total. The number of amides is 1. The van der Waals surface area contributed by atoms with Crippen LogP contribution in [0.15, 0.2) is 66.7 Å². The first-order valence-corrected chi connectivity index (χ1v) is 12.4. The minimum atomic E-state index is -0.322. The van der Waals surface area contributed by atoms with Gasteiger partial charge in [0.1, 0.15) is 0 Å². The fourth-order valence-electron chi connectivity index (χ4n) is 5.39. The number of nitrogens with two attached hydrogens (primary N) is 1. The van der Waals surface area contributed by atoms with Crippen LogP contribution in [0, 0.1) is 6.92 Å². The molecule has 0 spiro atoms. The van der Waals surface area contributed by atoms with E-state index in [2.05, 4.69) is 90.4 Å². The fourth-order valence-corrected chi connectivity index (χ4v) is 5.39. The van der Waals surface area contributed by atoms with E-state index in [-0.39, 0.29) is 5.91 Å². The summed E-state index contributed by atoms with van der Waals surface area (Å²) >= 11 is 0. The van der Waals surface area contributed by atoms with Crippen molar-refractivity contribution in [1.82, 2.24) is 0 Å². The molecule has 0 unspecified atom stereocenters. The first-order valence-electron chi connectivity index (χ1n) is 12.4. The Morgan fingerprint density at radius 2 is 1.50 bits per heavy atom. The largest absolute Gasteiger partial charge is 0.368 e. The molecule has 174 valence electrons. The van der Waals surface area contributed by atoms with Crippen LogP contribution in [-0.2, 0) is 6.42 Å². The number of carbonyl (C=O) groups is 1. The number of anilines is 2. The molecule has 0 atom stereocenters. The highest BCUT2D eigenvalue weighted by Crippen LogP contribution is 2.37. The van der Waals surface area contributed by atoms with Crippen molar-refractivity contribution in [3.63, 3.8) is 0 Å². The summed E-state index contributed by atoms with van der Waals surface area (Å²) in [5.74, 6) is -0.322. The van der Waals surface area contributed by atoms with E-state index in [4.69, 9.17) is 5.73 Å². The second-order valence-electron chi connectivity index (χ2n) is 9.41. The second-order valence-corrected chi connectivity index (χ2v) is 9.41. The molecule has 0 radical (unpaired) electrons. The number of hydrogen-bond acceptors (Lipinski definition) is 3. The topological polar surface area (TPSA) is 49.6 Å². The number of rotatable bonds is 6. The van der Waals surface area contributed by atoms with Crippen LogP contribution in [0.4, 0.5) is 11.4 Å². The van der Waals surface area contributed by atoms with Gasteiger partial charge in [-0.05, 0) is 65.3 Å². The van der Waals surface area contributed by atoms with E-state index in [1.165, 1.54) is 27.4 Å². The first-order chi connectivity index (χ1) is 16.6. The molecule has 4 aromatic rings. The lowest BCUT2D eigenvalue weighted by Gasteiger charge is -2.39. The zero-order valence-corrected chi connectivity index (χ0v) is 20.2. The van der Waals surface area contributed by atoms with Crippen molar-refractivity contribution in [3.8, 4) is 0 Å². The van der Waals surface area contributed by atoms with Gasteiger partial charge in [0.05, 0.1) is 11.3 Å². The summed E-state index contributed by atoms with van der Waals surface area (Å²) in [7, 11) is 0. The molecule has 1 heterocycles. The van der Waals surface area contributed by atoms with Crippen molar-refractivity contribution < 1.29 is 4.79 Å². The molecule has 0 bridgehead atoms. The lowest BCUT2D eigenvalue weighted by atomic mass is 9.92. The van der Waals surface area contributed by atoms with Gasteiger partial charge in [0.2, 0.25) is 0 Å². The average Bonchev–Trinajstić information content (AvgIpc) is 2.85. The molecular formula is C30H33N3O. The summed E-state index contributed by atoms with van der Waals surface area (Å²) in [6.07, 6.45) is 2.99. The number of benzene rings is 4. The highest BCUT2D eigenvalue weighted by atomic mass is 16.1. The van der Waals surface area contributed by atoms with Gasteiger partial charge in [0, 0.05) is 37.3 Å². The average molecular weight is 452 g/mol. The quantitative estimate of drug-likeness (QED) is 0.362. The zero-order valence-electron chi connectivity index (χ0n) is 20.2. The third-order valence-corrected chi connectivity index (χ3v) is 7.16. The number of unbranched alkanes of at least 4 members (excludes halogenated alkanes) is 1. The number of para-hydroxylation sites is 1. The maximum Gasteiger partial charge on any atom is 0.251 e. The third-order valence-electron chi connectivity index (χ3n) is 7.16. The molecule has 34 heavy (non-hydrogen) atoms. The van der Waals surface area contributed by atoms with Crippen LogP contribution in [0.1, 0.15) is 41.3 Å². The number of fused-ring (bicyclic) bond motifs is 2. The predicted molar refractivity (Wildman–Crippen MR) is 144 cm³/mol. The lowest BCUT2D eigenvalue weighted by Crippen LogP contribution is -2.47. The monoisotopic (exact) mass is 451 g/mol. The van der Waals surface area contributed by atoms with Gasteiger partial charge in [-0.3, -0.25) is 4.79 Å². The van der Waals surface area contributed by atoms with E-state index < -0.39 is 0 Å². The van der Waals surface area contributed by atoms with Crippen LogP contribution in [0.25, 0.3) is 21.5 Å². The van der Waals surface area contributed by atoms with E-state index in [0.717, 1.165) is 62.1 Å². The molecule has 1 amide bonds. The van der Waals surface area contributed by atoms with Gasteiger partial charge in [-0.1, -0.05) is 61.9 Å². The van der Waals surface area contributed by atoms with E-state index >= 15 is 0 Å². The fraction of sp³-hybridized carbons (Fsp3) is 0.300. The van der Waals surface area contributed by atoms with Crippen LogP contribution < -0.4 is 15.5 Å². The van der Waals surface area contributed by atoms with Crippen LogP contribution in [0.5, 0.6) is 0 Å². The Kier molecular flexibility index (Phi) is 6.14. The zero-order chi connectivity index (χ0) is 23.7. The number of hydrogen-bond donors (Lipinski definition) is 1. The molecule has 1 saturated heterocycles. The molecular weight excluding hydrogens is 418 g/mol. The summed E-state index contributed by atoms with van der Waals surface area (Å²) in [4.78, 5) is 17.7. The molecule has 0 saturated carbocycles. The Balaban J connectivity index is 1.62. The molecule has 1 aliphatic rings. The van der Waals surface area contributed by atoms with Crippen LogP contribution in [-0.4, -0.2) is 32.1 Å². The van der Waals surface area contributed by atoms with Gasteiger partial charge < -0.3 is 15.5 Å². The molecule has 1 fully saturated rings. The maximum atomic E-state index is 12.9. The van der Waals surface area contributed by atoms with Crippen molar-refractivity contribution in [2.75, 3.05) is 36.0 Å². The highest BCUT2D eigenvalue weighted by Gasteiger charge is 2.26. The van der Waals surface area contributed by atoms with Gasteiger partial charge in [-0.15, -0.1) is 0 Å². The molecule has 0 aliphatic carbocycles. The SMILES string of the molecule is CCCCc1cc2cc3ccccc3cc2c(N2CCN(c3ccccc3C)CC2)c1C(N)=O. The number of aryl methyl sites for hydroxylation is 2. The number of primary amides is 1. The van der Waals surface area contributed by atoms with Gasteiger partial charge in [0.15, 0.2) is 0 Å². The van der Waals surface area contributed by atoms with Gasteiger partial charge in [0.25, 0.3) is 5.91 Å². The minimum absolute atomic E-state index is 0.322. The van der Waals surface area contributed by atoms with Gasteiger partial charge in [-0.25, -0.2) is 0 Å². The Bertz CT molecular complexity index is 1350. The Morgan fingerprint density at radius 3 is 2.18 bits per heavy atom. The van der Waals surface area contributed by atoms with E-state index in [1.807, 2.05) is 0 Å². The Hall–Kier alpha value is -3.53. The van der Waals surface area contributed by atoms with Crippen LogP contribution in [0.2, 0.25) is 0 Å². The second kappa shape index (κ2) is 9.38. The summed E-state index contributed by atoms with van der Waals surface area (Å²) < 4.78 is 0. The number of carbonyl (C=O) groups excluding carboxylic acids is 1. The molecule has 4 aromatic carbocycles. The first kappa shape index (κ1) is 22.3. The van der Waals surface area contributed by atoms with Crippen molar-refractivity contribution in [3.05, 3.63) is 83.4 Å². The standard InChI is InChI=1S/C30H33N3O/c1-3-4-10-24-19-25-18-22-11-6-7-12-23(22)20-26(25)29(28(24)30(31)34)33-16-14-32(15-17-33)27-13-8-5-9-21(27)2/h5-9,11-13,18-20H,3-4,10,14-17H2,1-2H3,(H2,31,34). The van der Waals surface area contributed by atoms with E-state index in [0.29, 0.717) is 5.56 Å². The summed E-state index contributed by atoms with van der Waals surface area (Å²) in [5, 5.41) is 4.72. The van der Waals surface area contributed by atoms with Crippen molar-refractivity contribution in [2.24, 2.45) is 5.73 Å². The van der Waals surface area contributed by atoms with Crippen LogP contribution in [0.3, 0.4) is 0 Å². The van der Waals surface area contributed by atoms with Gasteiger partial charge in [-0.2, -0.15) is 0 Å². The van der Waals surface area contributed by atoms with Gasteiger partial charge >= 0.3 is 0 Å². The summed E-state index contributed by atoms with van der Waals surface area (Å²) in [6.45, 7) is 7.89. The summed E-state index contributed by atoms with van der Waals surface area (Å²) in [5.41, 5.74) is 11.5. The normalized spacial score (nSPS) is 14.2. The summed E-state index contributed by atoms with van der Waals surface area (Å²) in [6, 6.07) is 23.7. The highest BCUT2D eigenvalue weighted by molar-refractivity contribution is 6.12. The third kappa shape index (κ3) is 4.09. The molecule has 4 nitrogen and oxygen atoms in total. The van der Waals surface area contributed by atoms with Crippen molar-refractivity contribution in [2.45, 2.75) is 33.1 Å². The molecule has 1 aliphatic heterocycles. The van der Waals surface area contributed by atoms with E-state index in [9.17, 15) is 4.79 Å². The van der Waals surface area contributed by atoms with Crippen molar-refractivity contribution >= 4 is 38.8 Å². The van der Waals surface area contributed by atoms with E-state index in [1.54, 1.807) is 0 Å². The molecule has 0 aromatic heterocycles. The number of piperazine rings is 1. The van der Waals surface area contributed by atoms with Crippen LogP contribution >= 0.6 is 0 Å². The maximum absolute atomic E-state index is 12.9. The molecule has 4 heteroatoms. The minimum Gasteiger partial charge on any atom is -0.368 e. The molecule has 5 rings (SSSR count).